The average Bonchev–Trinajstić information content (AvgIpc) is 3.19. The normalized spacial score (nSPS) is 14.7. The number of anilines is 1. The van der Waals surface area contributed by atoms with E-state index in [9.17, 15) is 13.2 Å². The van der Waals surface area contributed by atoms with Gasteiger partial charge in [-0.1, -0.05) is 37.3 Å². The zero-order valence-electron chi connectivity index (χ0n) is 18.2. The number of aromatic nitrogens is 1. The van der Waals surface area contributed by atoms with Gasteiger partial charge in [-0.15, -0.1) is 0 Å². The third kappa shape index (κ3) is 4.65. The topological polar surface area (TPSA) is 79.8 Å². The van der Waals surface area contributed by atoms with E-state index >= 15 is 0 Å². The highest BCUT2D eigenvalue weighted by molar-refractivity contribution is 7.89. The van der Waals surface area contributed by atoms with E-state index in [-0.39, 0.29) is 11.0 Å². The third-order valence-corrected chi connectivity index (χ3v) is 8.36. The summed E-state index contributed by atoms with van der Waals surface area (Å²) in [7, 11) is -3.56. The number of hydrogen-bond acceptors (Lipinski definition) is 7. The number of hydrogen-bond donors (Lipinski definition) is 0. The molecule has 1 aliphatic rings. The Hall–Kier alpha value is -2.49. The third-order valence-electron chi connectivity index (χ3n) is 5.35. The number of ether oxygens (including phenoxy) is 1. The number of thiazole rings is 1. The predicted molar refractivity (Wildman–Crippen MR) is 127 cm³/mol. The Labute approximate surface area is 192 Å². The van der Waals surface area contributed by atoms with Crippen LogP contribution in [0.5, 0.6) is 0 Å². The monoisotopic (exact) mass is 473 g/mol. The Morgan fingerprint density at radius 3 is 2.38 bits per heavy atom. The Morgan fingerprint density at radius 1 is 1.09 bits per heavy atom. The summed E-state index contributed by atoms with van der Waals surface area (Å²) >= 11 is 1.62. The molecule has 0 bridgehead atoms. The molecule has 0 amide bonds. The largest absolute Gasteiger partial charge is 0.455 e. The molecule has 1 aromatic heterocycles. The van der Waals surface area contributed by atoms with Crippen molar-refractivity contribution in [1.29, 1.82) is 0 Å². The molecule has 0 radical (unpaired) electrons. The zero-order chi connectivity index (χ0) is 22.7. The van der Waals surface area contributed by atoms with Gasteiger partial charge in [-0.25, -0.2) is 18.2 Å². The number of carbonyl (C=O) groups is 1. The van der Waals surface area contributed by atoms with Crippen molar-refractivity contribution in [2.75, 3.05) is 31.1 Å². The maximum absolute atomic E-state index is 12.9. The molecule has 9 heteroatoms. The van der Waals surface area contributed by atoms with E-state index in [0.717, 1.165) is 28.2 Å². The molecule has 32 heavy (non-hydrogen) atoms. The van der Waals surface area contributed by atoms with Crippen molar-refractivity contribution in [3.8, 4) is 0 Å². The van der Waals surface area contributed by atoms with Crippen LogP contribution in [0.15, 0.2) is 53.4 Å². The van der Waals surface area contributed by atoms with Crippen molar-refractivity contribution in [1.82, 2.24) is 9.29 Å². The molecule has 170 valence electrons. The molecule has 1 fully saturated rings. The molecule has 0 atom stereocenters. The van der Waals surface area contributed by atoms with E-state index in [1.165, 1.54) is 28.6 Å². The van der Waals surface area contributed by atoms with Gasteiger partial charge in [0.05, 0.1) is 33.8 Å². The number of carbonyl (C=O) groups excluding carboxylic acids is 1. The van der Waals surface area contributed by atoms with Crippen LogP contribution in [0.25, 0.3) is 10.2 Å². The van der Waals surface area contributed by atoms with Gasteiger partial charge in [-0.3, -0.25) is 0 Å². The van der Waals surface area contributed by atoms with E-state index in [1.54, 1.807) is 11.3 Å². The highest BCUT2D eigenvalue weighted by Gasteiger charge is 2.32. The number of sulfonamides is 1. The summed E-state index contributed by atoms with van der Waals surface area (Å²) in [5, 5.41) is 0.928. The van der Waals surface area contributed by atoms with Crippen LogP contribution in [0, 0.1) is 0 Å². The van der Waals surface area contributed by atoms with Crippen LogP contribution in [0.1, 0.15) is 37.0 Å². The highest BCUT2D eigenvalue weighted by atomic mass is 32.2. The molecule has 2 heterocycles. The van der Waals surface area contributed by atoms with Crippen LogP contribution >= 0.6 is 11.3 Å². The summed E-state index contributed by atoms with van der Waals surface area (Å²) in [5.74, 6) is -0.443. The van der Waals surface area contributed by atoms with Crippen LogP contribution < -0.4 is 4.90 Å². The first-order chi connectivity index (χ1) is 15.4. The molecule has 4 rings (SSSR count). The van der Waals surface area contributed by atoms with Crippen LogP contribution in [0.2, 0.25) is 0 Å². The lowest BCUT2D eigenvalue weighted by atomic mass is 10.2. The van der Waals surface area contributed by atoms with Gasteiger partial charge in [0.1, 0.15) is 6.10 Å². The fraction of sp³-hybridized carbons (Fsp3) is 0.391. The highest BCUT2D eigenvalue weighted by Crippen LogP contribution is 2.32. The second-order valence-corrected chi connectivity index (χ2v) is 10.8. The number of esters is 1. The molecule has 1 saturated heterocycles. The Bertz CT molecular complexity index is 1150. The summed E-state index contributed by atoms with van der Waals surface area (Å²) in [5.41, 5.74) is 1.32. The van der Waals surface area contributed by atoms with Crippen LogP contribution in [-0.4, -0.2) is 56.0 Å². The second-order valence-electron chi connectivity index (χ2n) is 7.82. The minimum Gasteiger partial charge on any atom is -0.455 e. The summed E-state index contributed by atoms with van der Waals surface area (Å²) in [6, 6.07) is 14.0. The van der Waals surface area contributed by atoms with Crippen LogP contribution in [0.4, 0.5) is 5.13 Å². The van der Waals surface area contributed by atoms with Gasteiger partial charge in [-0.05, 0) is 49.2 Å². The van der Waals surface area contributed by atoms with E-state index in [2.05, 4.69) is 9.88 Å². The van der Waals surface area contributed by atoms with Gasteiger partial charge in [0.2, 0.25) is 10.0 Å². The SMILES string of the molecule is CCCN(CCC)S(=O)(=O)c1ccc(C(=O)OC2CN(c3nc4ccccc4s3)C2)cc1. The Morgan fingerprint density at radius 2 is 1.75 bits per heavy atom. The Balaban J connectivity index is 1.35. The average molecular weight is 474 g/mol. The molecule has 2 aromatic carbocycles. The minimum absolute atomic E-state index is 0.196. The number of para-hydroxylation sites is 1. The lowest BCUT2D eigenvalue weighted by Crippen LogP contribution is -2.53. The van der Waals surface area contributed by atoms with Crippen molar-refractivity contribution in [2.24, 2.45) is 0 Å². The molecular formula is C23H27N3O4S2. The quantitative estimate of drug-likeness (QED) is 0.434. The second kappa shape index (κ2) is 9.56. The first-order valence-electron chi connectivity index (χ1n) is 10.8. The smallest absolute Gasteiger partial charge is 0.338 e. The molecule has 7 nitrogen and oxygen atoms in total. The number of fused-ring (bicyclic) bond motifs is 1. The van der Waals surface area contributed by atoms with Crippen LogP contribution in [-0.2, 0) is 14.8 Å². The molecule has 0 aliphatic carbocycles. The zero-order valence-corrected chi connectivity index (χ0v) is 19.9. The van der Waals surface area contributed by atoms with E-state index in [0.29, 0.717) is 31.7 Å². The number of nitrogens with zero attached hydrogens (tertiary/aromatic N) is 3. The maximum Gasteiger partial charge on any atom is 0.338 e. The summed E-state index contributed by atoms with van der Waals surface area (Å²) in [6.45, 7) is 6.06. The number of rotatable bonds is 9. The maximum atomic E-state index is 12.9. The Kier molecular flexibility index (Phi) is 6.78. The first kappa shape index (κ1) is 22.7. The van der Waals surface area contributed by atoms with Gasteiger partial charge < -0.3 is 9.64 Å². The molecular weight excluding hydrogens is 446 g/mol. The van der Waals surface area contributed by atoms with Gasteiger partial charge in [0.25, 0.3) is 0 Å². The van der Waals surface area contributed by atoms with Crippen molar-refractivity contribution in [3.63, 3.8) is 0 Å². The summed E-state index contributed by atoms with van der Waals surface area (Å²) in [6.07, 6.45) is 1.29. The molecule has 0 unspecified atom stereocenters. The van der Waals surface area contributed by atoms with Crippen LogP contribution in [0.3, 0.4) is 0 Å². The fourth-order valence-electron chi connectivity index (χ4n) is 3.65. The van der Waals surface area contributed by atoms with Crippen molar-refractivity contribution < 1.29 is 17.9 Å². The lowest BCUT2D eigenvalue weighted by molar-refractivity contribution is 0.0234. The summed E-state index contributed by atoms with van der Waals surface area (Å²) < 4.78 is 33.9. The molecule has 0 spiro atoms. The summed E-state index contributed by atoms with van der Waals surface area (Å²) in [4.78, 5) is 19.4. The fourth-order valence-corrected chi connectivity index (χ4v) is 6.25. The van der Waals surface area contributed by atoms with Crippen molar-refractivity contribution in [2.45, 2.75) is 37.7 Å². The van der Waals surface area contributed by atoms with Crippen molar-refractivity contribution in [3.05, 3.63) is 54.1 Å². The predicted octanol–water partition coefficient (Wildman–Crippen LogP) is 4.15. The van der Waals surface area contributed by atoms with Gasteiger partial charge in [0, 0.05) is 13.1 Å². The lowest BCUT2D eigenvalue weighted by Gasteiger charge is -2.38. The standard InChI is InChI=1S/C23H27N3O4S2/c1-3-13-26(14-4-2)32(28,29)19-11-9-17(10-12-19)22(27)30-18-15-25(16-18)23-24-20-7-5-6-8-21(20)31-23/h5-12,18H,3-4,13-16H2,1-2H3. The molecule has 0 N–H and O–H groups in total. The van der Waals surface area contributed by atoms with Gasteiger partial charge in [-0.2, -0.15) is 4.31 Å². The van der Waals surface area contributed by atoms with Crippen molar-refractivity contribution >= 4 is 42.7 Å². The van der Waals surface area contributed by atoms with E-state index < -0.39 is 16.0 Å². The molecule has 3 aromatic rings. The molecule has 0 saturated carbocycles. The van der Waals surface area contributed by atoms with E-state index in [1.807, 2.05) is 38.1 Å². The molecule has 1 aliphatic heterocycles. The van der Waals surface area contributed by atoms with Gasteiger partial charge >= 0.3 is 5.97 Å². The minimum atomic E-state index is -3.56. The number of benzene rings is 2. The van der Waals surface area contributed by atoms with Gasteiger partial charge in [0.15, 0.2) is 5.13 Å². The first-order valence-corrected chi connectivity index (χ1v) is 13.1. The van der Waals surface area contributed by atoms with E-state index in [4.69, 9.17) is 4.74 Å².